The van der Waals surface area contributed by atoms with Crippen molar-refractivity contribution >= 4 is 16.9 Å². The van der Waals surface area contributed by atoms with E-state index in [0.717, 1.165) is 5.75 Å². The molecule has 0 unspecified atom stereocenters. The van der Waals surface area contributed by atoms with Gasteiger partial charge in [0.1, 0.15) is 0 Å². The van der Waals surface area contributed by atoms with Gasteiger partial charge in [-0.15, -0.1) is 0 Å². The van der Waals surface area contributed by atoms with Crippen molar-refractivity contribution in [2.45, 2.75) is 39.5 Å². The lowest BCUT2D eigenvalue weighted by Crippen LogP contribution is -1.89. The molecule has 0 heterocycles. The molecule has 60 valence electrons. The molecule has 0 radical (unpaired) electrons. The van der Waals surface area contributed by atoms with Gasteiger partial charge in [0.25, 0.3) is 0 Å². The van der Waals surface area contributed by atoms with Crippen LogP contribution in [0, 0.1) is 0 Å². The molecule has 1 nitrogen and oxygen atoms in total. The van der Waals surface area contributed by atoms with E-state index in [1.165, 1.54) is 31.0 Å². The first-order chi connectivity index (χ1) is 4.81. The van der Waals surface area contributed by atoms with Crippen molar-refractivity contribution in [1.82, 2.24) is 0 Å². The monoisotopic (exact) mass is 160 g/mol. The van der Waals surface area contributed by atoms with Crippen LogP contribution in [0.25, 0.3) is 0 Å². The summed E-state index contributed by atoms with van der Waals surface area (Å²) in [5.41, 5.74) is 0. The van der Waals surface area contributed by atoms with Crippen molar-refractivity contribution in [3.05, 3.63) is 0 Å². The molecular formula is C8H16OS. The number of hydrogen-bond donors (Lipinski definition) is 0. The van der Waals surface area contributed by atoms with Crippen molar-refractivity contribution in [3.63, 3.8) is 0 Å². The molecule has 0 aliphatic carbocycles. The number of carbonyl (C=O) groups excluding carboxylic acids is 1. The zero-order valence-electron chi connectivity index (χ0n) is 6.85. The van der Waals surface area contributed by atoms with Crippen LogP contribution in [0.1, 0.15) is 39.5 Å². The Labute approximate surface area is 67.6 Å². The molecule has 0 aliphatic rings. The van der Waals surface area contributed by atoms with Gasteiger partial charge in [0, 0.05) is 12.2 Å². The maximum atomic E-state index is 10.7. The van der Waals surface area contributed by atoms with E-state index in [2.05, 4.69) is 6.92 Å². The molecule has 0 aliphatic heterocycles. The molecule has 0 saturated heterocycles. The van der Waals surface area contributed by atoms with E-state index in [0.29, 0.717) is 11.5 Å². The predicted octanol–water partition coefficient (Wildman–Crippen LogP) is 2.85. The molecule has 0 amide bonds. The Morgan fingerprint density at radius 3 is 2.50 bits per heavy atom. The van der Waals surface area contributed by atoms with E-state index in [1.54, 1.807) is 0 Å². The Morgan fingerprint density at radius 2 is 2.00 bits per heavy atom. The Morgan fingerprint density at radius 1 is 1.30 bits per heavy atom. The Hall–Kier alpha value is 0.0200. The van der Waals surface area contributed by atoms with Crippen molar-refractivity contribution in [2.75, 3.05) is 5.75 Å². The minimum absolute atomic E-state index is 0.330. The van der Waals surface area contributed by atoms with Crippen molar-refractivity contribution in [2.24, 2.45) is 0 Å². The maximum absolute atomic E-state index is 10.7. The van der Waals surface area contributed by atoms with Crippen LogP contribution < -0.4 is 0 Å². The Bertz CT molecular complexity index is 91.3. The average molecular weight is 160 g/mol. The molecular weight excluding hydrogens is 144 g/mol. The van der Waals surface area contributed by atoms with Gasteiger partial charge in [-0.05, 0) is 6.42 Å². The van der Waals surface area contributed by atoms with Crippen LogP contribution in [0.5, 0.6) is 0 Å². The van der Waals surface area contributed by atoms with Gasteiger partial charge in [0.15, 0.2) is 5.12 Å². The number of carbonyl (C=O) groups is 1. The van der Waals surface area contributed by atoms with E-state index >= 15 is 0 Å². The summed E-state index contributed by atoms with van der Waals surface area (Å²) < 4.78 is 0. The molecule has 0 spiro atoms. The fourth-order valence-electron chi connectivity index (χ4n) is 0.640. The predicted molar refractivity (Wildman–Crippen MR) is 47.3 cm³/mol. The van der Waals surface area contributed by atoms with E-state index in [1.807, 2.05) is 6.92 Å². The molecule has 0 aromatic carbocycles. The first-order valence-electron chi connectivity index (χ1n) is 3.96. The van der Waals surface area contributed by atoms with Crippen molar-refractivity contribution in [3.8, 4) is 0 Å². The zero-order valence-corrected chi connectivity index (χ0v) is 7.67. The summed E-state index contributed by atoms with van der Waals surface area (Å²) in [5, 5.41) is 0.330. The smallest absolute Gasteiger partial charge is 0.188 e. The number of unbranched alkanes of at least 4 members (excludes halogenated alkanes) is 2. The van der Waals surface area contributed by atoms with Crippen LogP contribution in [0.4, 0.5) is 0 Å². The van der Waals surface area contributed by atoms with Gasteiger partial charge in [-0.1, -0.05) is 38.5 Å². The lowest BCUT2D eigenvalue weighted by atomic mass is 10.3. The van der Waals surface area contributed by atoms with E-state index < -0.39 is 0 Å². The minimum atomic E-state index is 0.330. The summed E-state index contributed by atoms with van der Waals surface area (Å²) in [6, 6.07) is 0. The first kappa shape index (κ1) is 10.0. The SMILES string of the molecule is CCCCCSC(=O)CC. The first-order valence-corrected chi connectivity index (χ1v) is 4.95. The molecule has 0 aromatic heterocycles. The normalized spacial score (nSPS) is 9.80. The van der Waals surface area contributed by atoms with Gasteiger partial charge < -0.3 is 0 Å². The summed E-state index contributed by atoms with van der Waals surface area (Å²) >= 11 is 1.48. The van der Waals surface area contributed by atoms with E-state index in [9.17, 15) is 4.79 Å². The molecule has 2 heteroatoms. The second kappa shape index (κ2) is 7.13. The number of hydrogen-bond acceptors (Lipinski definition) is 2. The van der Waals surface area contributed by atoms with E-state index in [-0.39, 0.29) is 0 Å². The van der Waals surface area contributed by atoms with Crippen LogP contribution in [0.15, 0.2) is 0 Å². The van der Waals surface area contributed by atoms with Gasteiger partial charge in [0.2, 0.25) is 0 Å². The molecule has 0 saturated carbocycles. The third-order valence-corrected chi connectivity index (χ3v) is 2.40. The van der Waals surface area contributed by atoms with Gasteiger partial charge in [0.05, 0.1) is 0 Å². The quantitative estimate of drug-likeness (QED) is 0.575. The average Bonchev–Trinajstić information content (AvgIpc) is 1.98. The van der Waals surface area contributed by atoms with Gasteiger partial charge in [-0.25, -0.2) is 0 Å². The second-order valence-electron chi connectivity index (χ2n) is 2.28. The molecule has 0 N–H and O–H groups in total. The highest BCUT2D eigenvalue weighted by Crippen LogP contribution is 2.08. The zero-order chi connectivity index (χ0) is 7.82. The lowest BCUT2D eigenvalue weighted by molar-refractivity contribution is -0.110. The lowest BCUT2D eigenvalue weighted by Gasteiger charge is -1.95. The van der Waals surface area contributed by atoms with Crippen LogP contribution in [0.2, 0.25) is 0 Å². The van der Waals surface area contributed by atoms with Crippen LogP contribution in [0.3, 0.4) is 0 Å². The minimum Gasteiger partial charge on any atom is -0.287 e. The molecule has 0 fully saturated rings. The Kier molecular flexibility index (Phi) is 7.15. The molecule has 0 atom stereocenters. The number of rotatable bonds is 5. The summed E-state index contributed by atoms with van der Waals surface area (Å²) in [7, 11) is 0. The summed E-state index contributed by atoms with van der Waals surface area (Å²) in [5.74, 6) is 1.01. The number of thioether (sulfide) groups is 1. The van der Waals surface area contributed by atoms with Crippen LogP contribution in [-0.2, 0) is 4.79 Å². The third-order valence-electron chi connectivity index (χ3n) is 1.30. The summed E-state index contributed by atoms with van der Waals surface area (Å²) in [4.78, 5) is 10.7. The van der Waals surface area contributed by atoms with Crippen LogP contribution in [-0.4, -0.2) is 10.9 Å². The van der Waals surface area contributed by atoms with Crippen molar-refractivity contribution in [1.29, 1.82) is 0 Å². The highest BCUT2D eigenvalue weighted by molar-refractivity contribution is 8.13. The van der Waals surface area contributed by atoms with Gasteiger partial charge in [-0.3, -0.25) is 4.79 Å². The molecule has 0 aromatic rings. The summed E-state index contributed by atoms with van der Waals surface area (Å²) in [6.45, 7) is 4.08. The topological polar surface area (TPSA) is 17.1 Å². The summed E-state index contributed by atoms with van der Waals surface area (Å²) in [6.07, 6.45) is 4.36. The fourth-order valence-corrected chi connectivity index (χ4v) is 1.42. The van der Waals surface area contributed by atoms with Gasteiger partial charge in [-0.2, -0.15) is 0 Å². The van der Waals surface area contributed by atoms with Crippen LogP contribution >= 0.6 is 11.8 Å². The molecule has 10 heavy (non-hydrogen) atoms. The van der Waals surface area contributed by atoms with E-state index in [4.69, 9.17) is 0 Å². The molecule has 0 bridgehead atoms. The molecule has 0 rings (SSSR count). The fraction of sp³-hybridized carbons (Fsp3) is 0.875. The highest BCUT2D eigenvalue weighted by Gasteiger charge is 1.96. The highest BCUT2D eigenvalue weighted by atomic mass is 32.2. The second-order valence-corrected chi connectivity index (χ2v) is 3.43. The Balaban J connectivity index is 2.96. The van der Waals surface area contributed by atoms with Crippen molar-refractivity contribution < 1.29 is 4.79 Å². The maximum Gasteiger partial charge on any atom is 0.188 e. The van der Waals surface area contributed by atoms with Gasteiger partial charge >= 0.3 is 0 Å². The standard InChI is InChI=1S/C8H16OS/c1-3-5-6-7-10-8(9)4-2/h3-7H2,1-2H3. The third kappa shape index (κ3) is 6.14. The largest absolute Gasteiger partial charge is 0.287 e.